The van der Waals surface area contributed by atoms with E-state index in [2.05, 4.69) is 18.3 Å². The molecule has 7 heteroatoms. The molecule has 0 radical (unpaired) electrons. The Labute approximate surface area is 195 Å². The molecule has 1 atom stereocenters. The Kier molecular flexibility index (Phi) is 6.56. The highest BCUT2D eigenvalue weighted by Gasteiger charge is 2.34. The van der Waals surface area contributed by atoms with Crippen molar-refractivity contribution in [2.24, 2.45) is 0 Å². The summed E-state index contributed by atoms with van der Waals surface area (Å²) in [6.45, 7) is 2.09. The molecular weight excluding hydrogens is 451 g/mol. The Balaban J connectivity index is 1.54. The maximum absolute atomic E-state index is 12.7. The lowest BCUT2D eigenvalue weighted by Crippen LogP contribution is -2.28. The molecule has 31 heavy (non-hydrogen) atoms. The maximum Gasteiger partial charge on any atom is 0.257 e. The molecule has 3 aromatic rings. The monoisotopic (exact) mass is 470 g/mol. The second-order valence-electron chi connectivity index (χ2n) is 7.11. The smallest absolute Gasteiger partial charge is 0.257 e. The van der Waals surface area contributed by atoms with Crippen LogP contribution in [0.4, 0.5) is 11.4 Å². The van der Waals surface area contributed by atoms with Gasteiger partial charge in [0.25, 0.3) is 5.91 Å². The Hall–Kier alpha value is -2.47. The van der Waals surface area contributed by atoms with Crippen LogP contribution in [0.1, 0.15) is 33.8 Å². The molecule has 1 unspecified atom stereocenters. The molecule has 158 valence electrons. The summed E-state index contributed by atoms with van der Waals surface area (Å²) in [5.74, 6) is 0.236. The minimum absolute atomic E-state index is 0.101. The Morgan fingerprint density at radius 1 is 1.10 bits per heavy atom. The lowest BCUT2D eigenvalue weighted by Gasteiger charge is -2.26. The first kappa shape index (κ1) is 21.8. The standard InChI is InChI=1S/C24H20Cl2N2O2S/c1-2-15-5-3-4-6-21(15)28-22(29)14-31-24(28)16-7-10-18(11-8-16)27-23(30)19-12-9-17(25)13-20(19)26/h3-13,24H,2,14H2,1H3,(H,27,30). The zero-order chi connectivity index (χ0) is 22.0. The van der Waals surface area contributed by atoms with Crippen LogP contribution in [0.15, 0.2) is 66.7 Å². The van der Waals surface area contributed by atoms with Crippen LogP contribution in [-0.4, -0.2) is 17.6 Å². The van der Waals surface area contributed by atoms with Crippen LogP contribution in [0, 0.1) is 0 Å². The molecule has 4 nitrogen and oxygen atoms in total. The van der Waals surface area contributed by atoms with Gasteiger partial charge < -0.3 is 5.32 Å². The molecule has 1 N–H and O–H groups in total. The van der Waals surface area contributed by atoms with E-state index < -0.39 is 0 Å². The summed E-state index contributed by atoms with van der Waals surface area (Å²) < 4.78 is 0. The van der Waals surface area contributed by atoms with E-state index in [4.69, 9.17) is 23.2 Å². The number of nitrogens with zero attached hydrogens (tertiary/aromatic N) is 1. The van der Waals surface area contributed by atoms with Crippen LogP contribution in [0.2, 0.25) is 10.0 Å². The second-order valence-corrected chi connectivity index (χ2v) is 9.02. The summed E-state index contributed by atoms with van der Waals surface area (Å²) in [5.41, 5.74) is 4.11. The van der Waals surface area contributed by atoms with Gasteiger partial charge in [0, 0.05) is 16.4 Å². The number of nitrogens with one attached hydrogen (secondary N) is 1. The van der Waals surface area contributed by atoms with Crippen molar-refractivity contribution in [1.82, 2.24) is 0 Å². The molecule has 2 amide bonds. The van der Waals surface area contributed by atoms with Gasteiger partial charge in [-0.25, -0.2) is 0 Å². The molecule has 1 aliphatic heterocycles. The summed E-state index contributed by atoms with van der Waals surface area (Å²) in [5, 5.41) is 3.53. The number of rotatable bonds is 5. The second kappa shape index (κ2) is 9.35. The lowest BCUT2D eigenvalue weighted by molar-refractivity contribution is -0.115. The predicted octanol–water partition coefficient (Wildman–Crippen LogP) is 6.59. The molecule has 4 rings (SSSR count). The van der Waals surface area contributed by atoms with E-state index in [0.29, 0.717) is 27.0 Å². The largest absolute Gasteiger partial charge is 0.322 e. The lowest BCUT2D eigenvalue weighted by atomic mass is 10.1. The first-order valence-corrected chi connectivity index (χ1v) is 11.7. The van der Waals surface area contributed by atoms with Crippen LogP contribution in [0.25, 0.3) is 0 Å². The Morgan fingerprint density at radius 2 is 1.84 bits per heavy atom. The van der Waals surface area contributed by atoms with E-state index in [-0.39, 0.29) is 17.2 Å². The SMILES string of the molecule is CCc1ccccc1N1C(=O)CSC1c1ccc(NC(=O)c2ccc(Cl)cc2Cl)cc1. The number of amides is 2. The van der Waals surface area contributed by atoms with Crippen molar-refractivity contribution in [2.45, 2.75) is 18.7 Å². The first-order chi connectivity index (χ1) is 15.0. The third-order valence-electron chi connectivity index (χ3n) is 5.13. The summed E-state index contributed by atoms with van der Waals surface area (Å²) in [7, 11) is 0. The molecule has 0 spiro atoms. The van der Waals surface area contributed by atoms with Gasteiger partial charge in [-0.3, -0.25) is 14.5 Å². The van der Waals surface area contributed by atoms with Gasteiger partial charge in [-0.15, -0.1) is 11.8 Å². The van der Waals surface area contributed by atoms with E-state index in [1.165, 1.54) is 6.07 Å². The highest BCUT2D eigenvalue weighted by molar-refractivity contribution is 8.00. The summed E-state index contributed by atoms with van der Waals surface area (Å²) >= 11 is 13.6. The van der Waals surface area contributed by atoms with Crippen molar-refractivity contribution in [1.29, 1.82) is 0 Å². The van der Waals surface area contributed by atoms with E-state index in [1.54, 1.807) is 23.9 Å². The molecule has 0 aliphatic carbocycles. The summed E-state index contributed by atoms with van der Waals surface area (Å²) in [4.78, 5) is 27.1. The molecule has 0 bridgehead atoms. The fourth-order valence-corrected chi connectivity index (χ4v) is 5.24. The van der Waals surface area contributed by atoms with Crippen molar-refractivity contribution < 1.29 is 9.59 Å². The number of hydrogen-bond donors (Lipinski definition) is 1. The molecule has 3 aromatic carbocycles. The minimum Gasteiger partial charge on any atom is -0.322 e. The number of carbonyl (C=O) groups excluding carboxylic acids is 2. The Morgan fingerprint density at radius 3 is 2.55 bits per heavy atom. The van der Waals surface area contributed by atoms with Crippen LogP contribution in [-0.2, 0) is 11.2 Å². The summed E-state index contributed by atoms with van der Waals surface area (Å²) in [6.07, 6.45) is 0.857. The number of benzene rings is 3. The highest BCUT2D eigenvalue weighted by Crippen LogP contribution is 2.43. The zero-order valence-corrected chi connectivity index (χ0v) is 19.1. The van der Waals surface area contributed by atoms with Crippen LogP contribution < -0.4 is 10.2 Å². The average molecular weight is 471 g/mol. The Bertz CT molecular complexity index is 1130. The number of carbonyl (C=O) groups is 2. The van der Waals surface area contributed by atoms with E-state index in [1.807, 2.05) is 47.4 Å². The zero-order valence-electron chi connectivity index (χ0n) is 16.8. The molecule has 0 saturated carbocycles. The number of para-hydroxylation sites is 1. The summed E-state index contributed by atoms with van der Waals surface area (Å²) in [6, 6.07) is 20.3. The third kappa shape index (κ3) is 4.59. The van der Waals surface area contributed by atoms with Gasteiger partial charge in [0.1, 0.15) is 5.37 Å². The highest BCUT2D eigenvalue weighted by atomic mass is 35.5. The van der Waals surface area contributed by atoms with Gasteiger partial charge in [0.05, 0.1) is 16.3 Å². The van der Waals surface area contributed by atoms with Gasteiger partial charge in [-0.1, -0.05) is 60.5 Å². The molecule has 1 fully saturated rings. The fraction of sp³-hybridized carbons (Fsp3) is 0.167. The van der Waals surface area contributed by atoms with Gasteiger partial charge in [-0.05, 0) is 53.9 Å². The van der Waals surface area contributed by atoms with Gasteiger partial charge >= 0.3 is 0 Å². The normalized spacial score (nSPS) is 15.9. The molecule has 1 saturated heterocycles. The first-order valence-electron chi connectivity index (χ1n) is 9.86. The van der Waals surface area contributed by atoms with Crippen molar-refractivity contribution in [3.8, 4) is 0 Å². The fourth-order valence-electron chi connectivity index (χ4n) is 3.58. The van der Waals surface area contributed by atoms with Gasteiger partial charge in [-0.2, -0.15) is 0 Å². The van der Waals surface area contributed by atoms with Crippen molar-refractivity contribution in [2.75, 3.05) is 16.0 Å². The number of thioether (sulfide) groups is 1. The predicted molar refractivity (Wildman–Crippen MR) is 129 cm³/mol. The van der Waals surface area contributed by atoms with E-state index in [0.717, 1.165) is 23.2 Å². The molecule has 0 aromatic heterocycles. The maximum atomic E-state index is 12.7. The number of halogens is 2. The third-order valence-corrected chi connectivity index (χ3v) is 6.89. The number of anilines is 2. The van der Waals surface area contributed by atoms with Crippen LogP contribution in [0.5, 0.6) is 0 Å². The van der Waals surface area contributed by atoms with Gasteiger partial charge in [0.2, 0.25) is 5.91 Å². The molecular formula is C24H20Cl2N2O2S. The number of hydrogen-bond acceptors (Lipinski definition) is 3. The quantitative estimate of drug-likeness (QED) is 0.457. The van der Waals surface area contributed by atoms with Crippen molar-refractivity contribution >= 4 is 58.2 Å². The molecule has 1 heterocycles. The average Bonchev–Trinajstić information content (AvgIpc) is 3.15. The van der Waals surface area contributed by atoms with Crippen molar-refractivity contribution in [3.63, 3.8) is 0 Å². The van der Waals surface area contributed by atoms with E-state index >= 15 is 0 Å². The van der Waals surface area contributed by atoms with Gasteiger partial charge in [0.15, 0.2) is 0 Å². The van der Waals surface area contributed by atoms with Crippen LogP contribution >= 0.6 is 35.0 Å². The topological polar surface area (TPSA) is 49.4 Å². The van der Waals surface area contributed by atoms with E-state index in [9.17, 15) is 9.59 Å². The van der Waals surface area contributed by atoms with Crippen molar-refractivity contribution in [3.05, 3.63) is 93.5 Å². The minimum atomic E-state index is -0.307. The molecule has 1 aliphatic rings. The van der Waals surface area contributed by atoms with Crippen LogP contribution in [0.3, 0.4) is 0 Å². The number of aryl methyl sites for hydroxylation is 1.